The maximum absolute atomic E-state index is 3.77. The summed E-state index contributed by atoms with van der Waals surface area (Å²) in [5.41, 5.74) is 0. The fourth-order valence-corrected chi connectivity index (χ4v) is 3.05. The molecule has 1 fully saturated rings. The van der Waals surface area contributed by atoms with Crippen molar-refractivity contribution in [2.45, 2.75) is 39.3 Å². The molecular weight excluding hydrogens is 228 g/mol. The average molecular weight is 256 g/mol. The first kappa shape index (κ1) is 15.1. The molecule has 0 aromatic carbocycles. The van der Waals surface area contributed by atoms with Gasteiger partial charge in [-0.2, -0.15) is 11.8 Å². The summed E-state index contributed by atoms with van der Waals surface area (Å²) in [6.07, 6.45) is 3.25. The highest BCUT2D eigenvalue weighted by Crippen LogP contribution is 2.15. The summed E-state index contributed by atoms with van der Waals surface area (Å²) in [4.78, 5) is 2.68. The van der Waals surface area contributed by atoms with Crippen LogP contribution in [-0.2, 0) is 0 Å². The van der Waals surface area contributed by atoms with Gasteiger partial charge >= 0.3 is 0 Å². The van der Waals surface area contributed by atoms with Crippen molar-refractivity contribution < 1.29 is 0 Å². The number of piperazine rings is 1. The van der Waals surface area contributed by atoms with E-state index in [9.17, 15) is 0 Å². The summed E-state index contributed by atoms with van der Waals surface area (Å²) >= 11 is 1.99. The third kappa shape index (κ3) is 5.02. The van der Waals surface area contributed by atoms with Crippen molar-refractivity contribution >= 4 is 11.8 Å². The SMILES string of the molecule is C=CCSCCN1CC(C(C)C)NCC1CC. The topological polar surface area (TPSA) is 15.3 Å². The molecule has 0 spiro atoms. The van der Waals surface area contributed by atoms with Gasteiger partial charge in [-0.3, -0.25) is 4.90 Å². The highest BCUT2D eigenvalue weighted by molar-refractivity contribution is 7.99. The van der Waals surface area contributed by atoms with Crippen LogP contribution in [0.1, 0.15) is 27.2 Å². The van der Waals surface area contributed by atoms with Crippen LogP contribution in [-0.4, -0.2) is 48.1 Å². The molecule has 1 saturated heterocycles. The van der Waals surface area contributed by atoms with Crippen molar-refractivity contribution in [2.75, 3.05) is 31.1 Å². The molecule has 0 aromatic heterocycles. The van der Waals surface area contributed by atoms with E-state index in [-0.39, 0.29) is 0 Å². The molecule has 17 heavy (non-hydrogen) atoms. The normalized spacial score (nSPS) is 26.4. The second kappa shape index (κ2) is 8.17. The van der Waals surface area contributed by atoms with Crippen LogP contribution in [0.4, 0.5) is 0 Å². The van der Waals surface area contributed by atoms with E-state index in [1.165, 1.54) is 25.3 Å². The molecule has 0 saturated carbocycles. The highest BCUT2D eigenvalue weighted by Gasteiger charge is 2.27. The maximum atomic E-state index is 3.77. The fourth-order valence-electron chi connectivity index (χ4n) is 2.35. The standard InChI is InChI=1S/C14H28N2S/c1-5-8-17-9-7-16-11-14(12(3)4)15-10-13(16)6-2/h5,12-15H,1,6-11H2,2-4H3. The number of hydrogen-bond acceptors (Lipinski definition) is 3. The molecule has 0 bridgehead atoms. The Kier molecular flexibility index (Phi) is 7.24. The van der Waals surface area contributed by atoms with Crippen molar-refractivity contribution in [3.8, 4) is 0 Å². The van der Waals surface area contributed by atoms with Gasteiger partial charge in [0.2, 0.25) is 0 Å². The van der Waals surface area contributed by atoms with Crippen LogP contribution in [0.15, 0.2) is 12.7 Å². The van der Waals surface area contributed by atoms with Crippen LogP contribution in [0.3, 0.4) is 0 Å². The summed E-state index contributed by atoms with van der Waals surface area (Å²) in [6.45, 7) is 14.3. The zero-order chi connectivity index (χ0) is 12.7. The Morgan fingerprint density at radius 2 is 2.29 bits per heavy atom. The van der Waals surface area contributed by atoms with Gasteiger partial charge in [-0.15, -0.1) is 6.58 Å². The molecule has 0 radical (unpaired) electrons. The zero-order valence-electron chi connectivity index (χ0n) is 11.6. The van der Waals surface area contributed by atoms with E-state index in [1.54, 1.807) is 0 Å². The van der Waals surface area contributed by atoms with E-state index in [2.05, 4.69) is 37.6 Å². The van der Waals surface area contributed by atoms with Gasteiger partial charge in [-0.1, -0.05) is 26.8 Å². The van der Waals surface area contributed by atoms with Crippen LogP contribution in [0, 0.1) is 5.92 Å². The van der Waals surface area contributed by atoms with E-state index in [4.69, 9.17) is 0 Å². The molecule has 2 atom stereocenters. The lowest BCUT2D eigenvalue weighted by Crippen LogP contribution is -2.58. The first-order valence-electron chi connectivity index (χ1n) is 6.85. The van der Waals surface area contributed by atoms with Gasteiger partial charge in [0.1, 0.15) is 0 Å². The third-order valence-electron chi connectivity index (χ3n) is 3.60. The first-order valence-corrected chi connectivity index (χ1v) is 8.00. The summed E-state index contributed by atoms with van der Waals surface area (Å²) < 4.78 is 0. The van der Waals surface area contributed by atoms with Gasteiger partial charge in [0, 0.05) is 43.2 Å². The highest BCUT2D eigenvalue weighted by atomic mass is 32.2. The summed E-state index contributed by atoms with van der Waals surface area (Å²) in [6, 6.07) is 1.40. The van der Waals surface area contributed by atoms with Gasteiger partial charge in [0.05, 0.1) is 0 Å². The predicted octanol–water partition coefficient (Wildman–Crippen LogP) is 2.61. The molecule has 2 unspecified atom stereocenters. The molecule has 0 aliphatic carbocycles. The van der Waals surface area contributed by atoms with E-state index < -0.39 is 0 Å². The third-order valence-corrected chi connectivity index (χ3v) is 4.54. The number of nitrogens with zero attached hydrogens (tertiary/aromatic N) is 1. The lowest BCUT2D eigenvalue weighted by molar-refractivity contribution is 0.118. The Morgan fingerprint density at radius 1 is 1.53 bits per heavy atom. The van der Waals surface area contributed by atoms with Crippen molar-refractivity contribution in [2.24, 2.45) is 5.92 Å². The predicted molar refractivity (Wildman–Crippen MR) is 79.8 cm³/mol. The minimum absolute atomic E-state index is 0.669. The van der Waals surface area contributed by atoms with E-state index in [1.807, 2.05) is 17.8 Å². The van der Waals surface area contributed by atoms with Gasteiger partial charge in [0.25, 0.3) is 0 Å². The minimum atomic E-state index is 0.669. The van der Waals surface area contributed by atoms with Crippen molar-refractivity contribution in [1.29, 1.82) is 0 Å². The Balaban J connectivity index is 2.37. The quantitative estimate of drug-likeness (QED) is 0.557. The number of hydrogen-bond donors (Lipinski definition) is 1. The molecule has 0 amide bonds. The molecule has 100 valence electrons. The monoisotopic (exact) mass is 256 g/mol. The number of nitrogens with one attached hydrogen (secondary N) is 1. The largest absolute Gasteiger partial charge is 0.311 e. The fraction of sp³-hybridized carbons (Fsp3) is 0.857. The summed E-state index contributed by atoms with van der Waals surface area (Å²) in [7, 11) is 0. The van der Waals surface area contributed by atoms with Crippen LogP contribution < -0.4 is 5.32 Å². The molecule has 1 rings (SSSR count). The van der Waals surface area contributed by atoms with Crippen LogP contribution in [0.25, 0.3) is 0 Å². The Morgan fingerprint density at radius 3 is 2.88 bits per heavy atom. The Hall–Kier alpha value is 0.01000. The van der Waals surface area contributed by atoms with Crippen LogP contribution in [0.5, 0.6) is 0 Å². The molecule has 2 nitrogen and oxygen atoms in total. The number of thioether (sulfide) groups is 1. The second-order valence-electron chi connectivity index (χ2n) is 5.18. The molecule has 0 aromatic rings. The molecule has 1 aliphatic heterocycles. The Labute approximate surface area is 111 Å². The minimum Gasteiger partial charge on any atom is -0.311 e. The van der Waals surface area contributed by atoms with Crippen molar-refractivity contribution in [1.82, 2.24) is 10.2 Å². The molecule has 3 heteroatoms. The smallest absolute Gasteiger partial charge is 0.0219 e. The zero-order valence-corrected chi connectivity index (χ0v) is 12.4. The van der Waals surface area contributed by atoms with Gasteiger partial charge in [0.15, 0.2) is 0 Å². The van der Waals surface area contributed by atoms with Crippen molar-refractivity contribution in [3.63, 3.8) is 0 Å². The molecule has 1 heterocycles. The van der Waals surface area contributed by atoms with Crippen LogP contribution in [0.2, 0.25) is 0 Å². The van der Waals surface area contributed by atoms with E-state index >= 15 is 0 Å². The Bertz CT molecular complexity index is 218. The molecular formula is C14H28N2S. The van der Waals surface area contributed by atoms with Crippen molar-refractivity contribution in [3.05, 3.63) is 12.7 Å². The van der Waals surface area contributed by atoms with E-state index in [0.717, 1.165) is 24.3 Å². The first-order chi connectivity index (χ1) is 8.19. The number of rotatable bonds is 7. The van der Waals surface area contributed by atoms with Gasteiger partial charge in [-0.05, 0) is 12.3 Å². The maximum Gasteiger partial charge on any atom is 0.0219 e. The summed E-state index contributed by atoms with van der Waals surface area (Å²) in [5.74, 6) is 3.04. The van der Waals surface area contributed by atoms with Gasteiger partial charge in [-0.25, -0.2) is 0 Å². The van der Waals surface area contributed by atoms with Crippen LogP contribution >= 0.6 is 11.8 Å². The van der Waals surface area contributed by atoms with Gasteiger partial charge < -0.3 is 5.32 Å². The lowest BCUT2D eigenvalue weighted by atomic mass is 9.98. The lowest BCUT2D eigenvalue weighted by Gasteiger charge is -2.41. The second-order valence-corrected chi connectivity index (χ2v) is 6.33. The molecule has 1 N–H and O–H groups in total. The summed E-state index contributed by atoms with van der Waals surface area (Å²) in [5, 5.41) is 3.69. The molecule has 1 aliphatic rings. The average Bonchev–Trinajstić information content (AvgIpc) is 2.34. The van der Waals surface area contributed by atoms with E-state index in [0.29, 0.717) is 6.04 Å².